The Kier molecular flexibility index (Phi) is 5.62. The fraction of sp³-hybridized carbons (Fsp3) is 0.588. The third-order valence-corrected chi connectivity index (χ3v) is 4.32. The fourth-order valence-corrected chi connectivity index (χ4v) is 2.84. The van der Waals surface area contributed by atoms with Crippen LogP contribution in [-0.2, 0) is 11.3 Å². The molecule has 21 heavy (non-hydrogen) atoms. The van der Waals surface area contributed by atoms with E-state index in [4.69, 9.17) is 0 Å². The maximum Gasteiger partial charge on any atom is 0.242 e. The maximum absolute atomic E-state index is 12.5. The Hall–Kier alpha value is -1.55. The van der Waals surface area contributed by atoms with Gasteiger partial charge in [0.05, 0.1) is 0 Å². The summed E-state index contributed by atoms with van der Waals surface area (Å²) in [5, 5.41) is 6.58. The second-order valence-electron chi connectivity index (χ2n) is 5.70. The van der Waals surface area contributed by atoms with Gasteiger partial charge in [-0.25, -0.2) is 0 Å². The molecule has 1 aliphatic rings. The number of carbonyl (C=O) groups excluding carboxylic acids is 1. The SMILES string of the molecule is CCC(CC)NC(=O)C(C)N1CCNCc2ccccc21. The lowest BCUT2D eigenvalue weighted by Gasteiger charge is -2.31. The van der Waals surface area contributed by atoms with Crippen LogP contribution in [0.2, 0.25) is 0 Å². The monoisotopic (exact) mass is 289 g/mol. The summed E-state index contributed by atoms with van der Waals surface area (Å²) in [6.45, 7) is 8.85. The topological polar surface area (TPSA) is 44.4 Å². The van der Waals surface area contributed by atoms with E-state index >= 15 is 0 Å². The molecule has 1 aliphatic heterocycles. The molecule has 0 saturated heterocycles. The molecule has 0 spiro atoms. The number of hydrogen-bond donors (Lipinski definition) is 2. The number of amides is 1. The number of nitrogens with one attached hydrogen (secondary N) is 2. The van der Waals surface area contributed by atoms with Gasteiger partial charge in [0.25, 0.3) is 0 Å². The van der Waals surface area contributed by atoms with Crippen molar-refractivity contribution in [3.63, 3.8) is 0 Å². The van der Waals surface area contributed by atoms with E-state index in [9.17, 15) is 4.79 Å². The Morgan fingerprint density at radius 2 is 2.05 bits per heavy atom. The maximum atomic E-state index is 12.5. The molecule has 0 saturated carbocycles. The number of carbonyl (C=O) groups is 1. The zero-order valence-electron chi connectivity index (χ0n) is 13.4. The van der Waals surface area contributed by atoms with Gasteiger partial charge in [-0.3, -0.25) is 4.79 Å². The van der Waals surface area contributed by atoms with Gasteiger partial charge in [-0.15, -0.1) is 0 Å². The van der Waals surface area contributed by atoms with Gasteiger partial charge in [0.2, 0.25) is 5.91 Å². The van der Waals surface area contributed by atoms with Gasteiger partial charge >= 0.3 is 0 Å². The average molecular weight is 289 g/mol. The molecule has 116 valence electrons. The van der Waals surface area contributed by atoms with Crippen LogP contribution in [0.25, 0.3) is 0 Å². The molecule has 1 heterocycles. The quantitative estimate of drug-likeness (QED) is 0.874. The van der Waals surface area contributed by atoms with Crippen LogP contribution in [-0.4, -0.2) is 31.1 Å². The molecular weight excluding hydrogens is 262 g/mol. The summed E-state index contributed by atoms with van der Waals surface area (Å²) in [6, 6.07) is 8.48. The summed E-state index contributed by atoms with van der Waals surface area (Å²) in [4.78, 5) is 14.7. The highest BCUT2D eigenvalue weighted by Gasteiger charge is 2.25. The standard InChI is InChI=1S/C17H27N3O/c1-4-15(5-2)19-17(21)13(3)20-11-10-18-12-14-8-6-7-9-16(14)20/h6-9,13,15,18H,4-5,10-12H2,1-3H3,(H,19,21). The number of hydrogen-bond acceptors (Lipinski definition) is 3. The number of rotatable bonds is 5. The van der Waals surface area contributed by atoms with E-state index in [2.05, 4.69) is 47.6 Å². The minimum absolute atomic E-state index is 0.125. The van der Waals surface area contributed by atoms with Crippen molar-refractivity contribution in [2.75, 3.05) is 18.0 Å². The van der Waals surface area contributed by atoms with Crippen molar-refractivity contribution in [2.45, 2.75) is 52.2 Å². The molecule has 0 bridgehead atoms. The average Bonchev–Trinajstić information content (AvgIpc) is 2.74. The molecule has 2 N–H and O–H groups in total. The molecule has 0 fully saturated rings. The summed E-state index contributed by atoms with van der Waals surface area (Å²) in [7, 11) is 0. The second-order valence-corrected chi connectivity index (χ2v) is 5.70. The normalized spacial score (nSPS) is 16.3. The van der Waals surface area contributed by atoms with Crippen LogP contribution >= 0.6 is 0 Å². The highest BCUT2D eigenvalue weighted by atomic mass is 16.2. The molecule has 2 rings (SSSR count). The van der Waals surface area contributed by atoms with Crippen LogP contribution in [0.15, 0.2) is 24.3 Å². The lowest BCUT2D eigenvalue weighted by Crippen LogP contribution is -2.49. The first kappa shape index (κ1) is 15.8. The summed E-state index contributed by atoms with van der Waals surface area (Å²) >= 11 is 0. The van der Waals surface area contributed by atoms with Gasteiger partial charge in [0.15, 0.2) is 0 Å². The van der Waals surface area contributed by atoms with Crippen molar-refractivity contribution in [2.24, 2.45) is 0 Å². The number of benzene rings is 1. The van der Waals surface area contributed by atoms with Crippen molar-refractivity contribution >= 4 is 11.6 Å². The first-order chi connectivity index (χ1) is 10.2. The molecule has 1 aromatic rings. The van der Waals surface area contributed by atoms with Gasteiger partial charge in [-0.2, -0.15) is 0 Å². The minimum atomic E-state index is -0.147. The molecule has 0 aromatic heterocycles. The van der Waals surface area contributed by atoms with Crippen LogP contribution in [0, 0.1) is 0 Å². The second kappa shape index (κ2) is 7.46. The van der Waals surface area contributed by atoms with Gasteiger partial charge in [-0.05, 0) is 31.4 Å². The van der Waals surface area contributed by atoms with Crippen molar-refractivity contribution in [1.82, 2.24) is 10.6 Å². The predicted octanol–water partition coefficient (Wildman–Crippen LogP) is 2.29. The zero-order valence-corrected chi connectivity index (χ0v) is 13.4. The zero-order chi connectivity index (χ0) is 15.2. The Bertz CT molecular complexity index is 471. The number of para-hydroxylation sites is 1. The molecule has 0 radical (unpaired) electrons. The lowest BCUT2D eigenvalue weighted by molar-refractivity contribution is -0.122. The van der Waals surface area contributed by atoms with Crippen LogP contribution < -0.4 is 15.5 Å². The van der Waals surface area contributed by atoms with Gasteiger partial charge in [0, 0.05) is 31.4 Å². The Labute approximate surface area is 127 Å². The molecular formula is C17H27N3O. The van der Waals surface area contributed by atoms with E-state index in [1.165, 1.54) is 11.3 Å². The third-order valence-electron chi connectivity index (χ3n) is 4.32. The Balaban J connectivity index is 2.14. The Morgan fingerprint density at radius 1 is 1.33 bits per heavy atom. The number of anilines is 1. The van der Waals surface area contributed by atoms with Crippen LogP contribution in [0.3, 0.4) is 0 Å². The molecule has 1 unspecified atom stereocenters. The third kappa shape index (κ3) is 3.76. The van der Waals surface area contributed by atoms with Crippen molar-refractivity contribution in [3.8, 4) is 0 Å². The highest BCUT2D eigenvalue weighted by molar-refractivity contribution is 5.85. The predicted molar refractivity (Wildman–Crippen MR) is 87.5 cm³/mol. The van der Waals surface area contributed by atoms with E-state index in [0.717, 1.165) is 32.5 Å². The first-order valence-corrected chi connectivity index (χ1v) is 8.03. The highest BCUT2D eigenvalue weighted by Crippen LogP contribution is 2.24. The van der Waals surface area contributed by atoms with Crippen LogP contribution in [0.1, 0.15) is 39.2 Å². The number of fused-ring (bicyclic) bond motifs is 1. The fourth-order valence-electron chi connectivity index (χ4n) is 2.84. The van der Waals surface area contributed by atoms with Gasteiger partial charge < -0.3 is 15.5 Å². The number of nitrogens with zero attached hydrogens (tertiary/aromatic N) is 1. The lowest BCUT2D eigenvalue weighted by atomic mass is 10.1. The van der Waals surface area contributed by atoms with Crippen molar-refractivity contribution in [1.29, 1.82) is 0 Å². The van der Waals surface area contributed by atoms with E-state index < -0.39 is 0 Å². The van der Waals surface area contributed by atoms with Crippen LogP contribution in [0.5, 0.6) is 0 Å². The molecule has 0 aliphatic carbocycles. The van der Waals surface area contributed by atoms with E-state index in [1.54, 1.807) is 0 Å². The summed E-state index contributed by atoms with van der Waals surface area (Å²) in [5.41, 5.74) is 2.44. The molecule has 4 heteroatoms. The van der Waals surface area contributed by atoms with Gasteiger partial charge in [-0.1, -0.05) is 32.0 Å². The van der Waals surface area contributed by atoms with E-state index in [0.29, 0.717) is 0 Å². The Morgan fingerprint density at radius 3 is 2.76 bits per heavy atom. The molecule has 1 amide bonds. The smallest absolute Gasteiger partial charge is 0.242 e. The molecule has 4 nitrogen and oxygen atoms in total. The summed E-state index contributed by atoms with van der Waals surface area (Å²) in [6.07, 6.45) is 1.96. The van der Waals surface area contributed by atoms with E-state index in [1.807, 2.05) is 13.0 Å². The summed E-state index contributed by atoms with van der Waals surface area (Å²) in [5.74, 6) is 0.125. The van der Waals surface area contributed by atoms with E-state index in [-0.39, 0.29) is 18.0 Å². The van der Waals surface area contributed by atoms with Crippen molar-refractivity contribution in [3.05, 3.63) is 29.8 Å². The largest absolute Gasteiger partial charge is 0.358 e. The van der Waals surface area contributed by atoms with Crippen molar-refractivity contribution < 1.29 is 4.79 Å². The summed E-state index contributed by atoms with van der Waals surface area (Å²) < 4.78 is 0. The van der Waals surface area contributed by atoms with Crippen LogP contribution in [0.4, 0.5) is 5.69 Å². The first-order valence-electron chi connectivity index (χ1n) is 8.03. The molecule has 1 atom stereocenters. The molecule has 1 aromatic carbocycles. The minimum Gasteiger partial charge on any atom is -0.358 e. The van der Waals surface area contributed by atoms with Gasteiger partial charge in [0.1, 0.15) is 6.04 Å².